The van der Waals surface area contributed by atoms with E-state index in [1.165, 1.54) is 0 Å². The smallest absolute Gasteiger partial charge is 0.161 e. The normalized spacial score (nSPS) is 10.6. The van der Waals surface area contributed by atoms with Crippen molar-refractivity contribution in [1.29, 1.82) is 0 Å². The Morgan fingerprint density at radius 3 is 2.52 bits per heavy atom. The van der Waals surface area contributed by atoms with Crippen LogP contribution in [-0.4, -0.2) is 27.0 Å². The predicted octanol–water partition coefficient (Wildman–Crippen LogP) is 3.23. The van der Waals surface area contributed by atoms with Crippen molar-refractivity contribution in [1.82, 2.24) is 5.43 Å². The van der Waals surface area contributed by atoms with Crippen molar-refractivity contribution in [3.8, 4) is 17.2 Å². The van der Waals surface area contributed by atoms with E-state index in [2.05, 4.69) is 10.5 Å². The Morgan fingerprint density at radius 1 is 1.00 bits per heavy atom. The third-order valence-corrected chi connectivity index (χ3v) is 3.25. The molecular formula is C18H22N2O3. The Morgan fingerprint density at radius 2 is 1.78 bits per heavy atom. The molecule has 0 spiro atoms. The first-order chi connectivity index (χ1) is 11.3. The number of ether oxygens (including phenoxy) is 3. The molecule has 0 saturated heterocycles. The second-order valence-electron chi connectivity index (χ2n) is 4.75. The molecule has 0 fully saturated rings. The van der Waals surface area contributed by atoms with E-state index in [4.69, 9.17) is 14.2 Å². The van der Waals surface area contributed by atoms with Crippen LogP contribution in [0.3, 0.4) is 0 Å². The fourth-order valence-electron chi connectivity index (χ4n) is 2.14. The fourth-order valence-corrected chi connectivity index (χ4v) is 2.14. The predicted molar refractivity (Wildman–Crippen MR) is 91.6 cm³/mol. The van der Waals surface area contributed by atoms with Crippen molar-refractivity contribution < 1.29 is 14.2 Å². The van der Waals surface area contributed by atoms with E-state index >= 15 is 0 Å². The van der Waals surface area contributed by atoms with Crippen LogP contribution in [0.15, 0.2) is 47.6 Å². The third-order valence-electron chi connectivity index (χ3n) is 3.25. The molecule has 122 valence electrons. The maximum absolute atomic E-state index is 5.55. The number of methoxy groups -OCH3 is 2. The van der Waals surface area contributed by atoms with Gasteiger partial charge in [0.05, 0.1) is 33.6 Å². The van der Waals surface area contributed by atoms with Crippen LogP contribution >= 0.6 is 0 Å². The van der Waals surface area contributed by atoms with Crippen molar-refractivity contribution in [2.75, 3.05) is 20.8 Å². The highest BCUT2D eigenvalue weighted by Gasteiger charge is 2.04. The van der Waals surface area contributed by atoms with Crippen LogP contribution in [0, 0.1) is 0 Å². The SMILES string of the molecule is CCOc1cc(/C=N/NCc2ccccc2OC)ccc1OC. The summed E-state index contributed by atoms with van der Waals surface area (Å²) >= 11 is 0. The lowest BCUT2D eigenvalue weighted by molar-refractivity contribution is 0.311. The van der Waals surface area contributed by atoms with Crippen molar-refractivity contribution in [2.45, 2.75) is 13.5 Å². The second kappa shape index (κ2) is 8.68. The highest BCUT2D eigenvalue weighted by atomic mass is 16.5. The second-order valence-corrected chi connectivity index (χ2v) is 4.75. The molecule has 2 aromatic carbocycles. The number of benzene rings is 2. The van der Waals surface area contributed by atoms with Gasteiger partial charge in [-0.15, -0.1) is 0 Å². The summed E-state index contributed by atoms with van der Waals surface area (Å²) in [6.45, 7) is 3.12. The van der Waals surface area contributed by atoms with Gasteiger partial charge in [-0.1, -0.05) is 18.2 Å². The lowest BCUT2D eigenvalue weighted by Crippen LogP contribution is -2.07. The number of hydrogen-bond acceptors (Lipinski definition) is 5. The summed E-state index contributed by atoms with van der Waals surface area (Å²) in [6.07, 6.45) is 1.75. The van der Waals surface area contributed by atoms with E-state index in [-0.39, 0.29) is 0 Å². The number of nitrogens with one attached hydrogen (secondary N) is 1. The molecule has 0 heterocycles. The summed E-state index contributed by atoms with van der Waals surface area (Å²) in [4.78, 5) is 0. The highest BCUT2D eigenvalue weighted by molar-refractivity contribution is 5.80. The van der Waals surface area contributed by atoms with Gasteiger partial charge < -0.3 is 19.6 Å². The minimum absolute atomic E-state index is 0.586. The largest absolute Gasteiger partial charge is 0.496 e. The molecule has 2 aromatic rings. The molecule has 0 unspecified atom stereocenters. The Kier molecular flexibility index (Phi) is 6.29. The number of nitrogens with zero attached hydrogens (tertiary/aromatic N) is 1. The average Bonchev–Trinajstić information content (AvgIpc) is 2.59. The van der Waals surface area contributed by atoms with Gasteiger partial charge in [0.2, 0.25) is 0 Å². The molecule has 23 heavy (non-hydrogen) atoms. The van der Waals surface area contributed by atoms with E-state index < -0.39 is 0 Å². The molecule has 0 aliphatic rings. The monoisotopic (exact) mass is 314 g/mol. The van der Waals surface area contributed by atoms with Crippen molar-refractivity contribution in [2.24, 2.45) is 5.10 Å². The minimum Gasteiger partial charge on any atom is -0.496 e. The number of para-hydroxylation sites is 1. The van der Waals surface area contributed by atoms with Gasteiger partial charge in [0.15, 0.2) is 11.5 Å². The zero-order chi connectivity index (χ0) is 16.5. The van der Waals surface area contributed by atoms with Gasteiger partial charge in [0.25, 0.3) is 0 Å². The molecule has 2 rings (SSSR count). The van der Waals surface area contributed by atoms with Gasteiger partial charge >= 0.3 is 0 Å². The van der Waals surface area contributed by atoms with Gasteiger partial charge in [0.1, 0.15) is 5.75 Å². The molecule has 0 saturated carbocycles. The standard InChI is InChI=1S/C18H22N2O3/c1-4-23-18-11-14(9-10-17(18)22-3)12-19-20-13-15-7-5-6-8-16(15)21-2/h5-12,20H,4,13H2,1-3H3/b19-12+. The van der Waals surface area contributed by atoms with Crippen LogP contribution in [0.25, 0.3) is 0 Å². The summed E-state index contributed by atoms with van der Waals surface area (Å²) in [6, 6.07) is 13.5. The van der Waals surface area contributed by atoms with Crippen LogP contribution in [0.4, 0.5) is 0 Å². The Bertz CT molecular complexity index is 656. The van der Waals surface area contributed by atoms with Crippen LogP contribution in [0.5, 0.6) is 17.2 Å². The van der Waals surface area contributed by atoms with Crippen molar-refractivity contribution >= 4 is 6.21 Å². The van der Waals surface area contributed by atoms with Crippen molar-refractivity contribution in [3.05, 3.63) is 53.6 Å². The van der Waals surface area contributed by atoms with Gasteiger partial charge in [-0.3, -0.25) is 0 Å². The molecule has 0 aliphatic heterocycles. The zero-order valence-electron chi connectivity index (χ0n) is 13.7. The summed E-state index contributed by atoms with van der Waals surface area (Å²) in [7, 11) is 3.29. The first-order valence-corrected chi connectivity index (χ1v) is 7.47. The summed E-state index contributed by atoms with van der Waals surface area (Å²) in [5.41, 5.74) is 5.01. The molecule has 0 amide bonds. The number of hydrogen-bond donors (Lipinski definition) is 1. The van der Waals surface area contributed by atoms with Crippen molar-refractivity contribution in [3.63, 3.8) is 0 Å². The van der Waals surface area contributed by atoms with E-state index in [1.807, 2.05) is 49.4 Å². The summed E-state index contributed by atoms with van der Waals surface area (Å²) < 4.78 is 16.1. The van der Waals surface area contributed by atoms with Crippen LogP contribution in [-0.2, 0) is 6.54 Å². The number of hydrazone groups is 1. The zero-order valence-corrected chi connectivity index (χ0v) is 13.7. The Hall–Kier alpha value is -2.69. The van der Waals surface area contributed by atoms with Gasteiger partial charge in [0, 0.05) is 5.56 Å². The number of rotatable bonds is 8. The lowest BCUT2D eigenvalue weighted by Gasteiger charge is -2.09. The van der Waals surface area contributed by atoms with Crippen LogP contribution in [0.2, 0.25) is 0 Å². The molecule has 0 radical (unpaired) electrons. The first kappa shape index (κ1) is 16.7. The average molecular weight is 314 g/mol. The topological polar surface area (TPSA) is 52.1 Å². The van der Waals surface area contributed by atoms with Gasteiger partial charge in [-0.05, 0) is 36.8 Å². The Labute approximate surface area is 136 Å². The minimum atomic E-state index is 0.586. The molecule has 1 N–H and O–H groups in total. The maximum atomic E-state index is 5.55. The van der Waals surface area contributed by atoms with Gasteiger partial charge in [-0.25, -0.2) is 0 Å². The van der Waals surface area contributed by atoms with Crippen LogP contribution < -0.4 is 19.6 Å². The third kappa shape index (κ3) is 4.64. The summed E-state index contributed by atoms with van der Waals surface area (Å²) in [5, 5.41) is 4.24. The molecule has 0 aliphatic carbocycles. The Balaban J connectivity index is 1.99. The lowest BCUT2D eigenvalue weighted by atomic mass is 10.2. The molecule has 0 atom stereocenters. The molecule has 5 heteroatoms. The molecule has 0 bridgehead atoms. The summed E-state index contributed by atoms with van der Waals surface area (Å²) in [5.74, 6) is 2.27. The molecule has 5 nitrogen and oxygen atoms in total. The van der Waals surface area contributed by atoms with E-state index in [0.717, 1.165) is 16.9 Å². The first-order valence-electron chi connectivity index (χ1n) is 7.47. The highest BCUT2D eigenvalue weighted by Crippen LogP contribution is 2.27. The van der Waals surface area contributed by atoms with Crippen LogP contribution in [0.1, 0.15) is 18.1 Å². The van der Waals surface area contributed by atoms with E-state index in [0.29, 0.717) is 24.7 Å². The maximum Gasteiger partial charge on any atom is 0.161 e. The van der Waals surface area contributed by atoms with E-state index in [1.54, 1.807) is 20.4 Å². The quantitative estimate of drug-likeness (QED) is 0.600. The van der Waals surface area contributed by atoms with Gasteiger partial charge in [-0.2, -0.15) is 5.10 Å². The fraction of sp³-hybridized carbons (Fsp3) is 0.278. The molecule has 0 aromatic heterocycles. The molecular weight excluding hydrogens is 292 g/mol. The van der Waals surface area contributed by atoms with E-state index in [9.17, 15) is 0 Å².